The van der Waals surface area contributed by atoms with E-state index in [9.17, 15) is 0 Å². The first-order valence-corrected chi connectivity index (χ1v) is 13.3. The molecule has 1 aromatic heterocycles. The zero-order chi connectivity index (χ0) is 28.1. The number of anilines is 1. The van der Waals surface area contributed by atoms with Gasteiger partial charge in [-0.1, -0.05) is 66.7 Å². The maximum absolute atomic E-state index is 6.87. The number of rotatable bonds is 10. The highest BCUT2D eigenvalue weighted by molar-refractivity contribution is 6.00. The van der Waals surface area contributed by atoms with Crippen LogP contribution in [0.1, 0.15) is 40.8 Å². The molecule has 6 heteroatoms. The molecular weight excluding hydrogens is 500 g/mol. The molecule has 1 heterocycles. The second-order valence-electron chi connectivity index (χ2n) is 9.47. The number of hydrogen-bond donors (Lipinski definition) is 1. The molecule has 0 radical (unpaired) electrons. The smallest absolute Gasteiger partial charge is 0.203 e. The minimum atomic E-state index is -0.112. The summed E-state index contributed by atoms with van der Waals surface area (Å²) in [4.78, 5) is 5.11. The van der Waals surface area contributed by atoms with E-state index in [1.165, 1.54) is 0 Å². The van der Waals surface area contributed by atoms with Crippen molar-refractivity contribution >= 4 is 16.5 Å². The summed E-state index contributed by atoms with van der Waals surface area (Å²) in [5.74, 6) is 2.32. The largest absolute Gasteiger partial charge is 0.493 e. The van der Waals surface area contributed by atoms with Crippen molar-refractivity contribution in [1.82, 2.24) is 4.98 Å². The summed E-state index contributed by atoms with van der Waals surface area (Å²) in [6, 6.07) is 28.8. The second kappa shape index (κ2) is 12.0. The number of nitrogen functional groups attached to an aromatic ring is 1. The molecule has 0 amide bonds. The van der Waals surface area contributed by atoms with E-state index >= 15 is 0 Å². The van der Waals surface area contributed by atoms with E-state index in [1.54, 1.807) is 21.3 Å². The zero-order valence-electron chi connectivity index (χ0n) is 23.3. The molecule has 0 bridgehead atoms. The summed E-state index contributed by atoms with van der Waals surface area (Å²) < 4.78 is 22.6. The average Bonchev–Trinajstić information content (AvgIpc) is 3.00. The molecule has 0 saturated heterocycles. The number of ether oxygens (including phenoxy) is 4. The lowest BCUT2D eigenvalue weighted by Crippen LogP contribution is -2.09. The molecule has 0 fully saturated rings. The molecule has 6 nitrogen and oxygen atoms in total. The van der Waals surface area contributed by atoms with Crippen molar-refractivity contribution < 1.29 is 18.9 Å². The highest BCUT2D eigenvalue weighted by Gasteiger charge is 2.24. The summed E-state index contributed by atoms with van der Waals surface area (Å²) in [5, 5.41) is 1.92. The molecule has 0 aliphatic rings. The molecule has 5 rings (SSSR count). The van der Waals surface area contributed by atoms with Crippen LogP contribution in [0.15, 0.2) is 91.1 Å². The van der Waals surface area contributed by atoms with Crippen LogP contribution in [0.4, 0.5) is 5.69 Å². The van der Waals surface area contributed by atoms with Crippen molar-refractivity contribution in [3.8, 4) is 23.0 Å². The number of benzene rings is 4. The summed E-state index contributed by atoms with van der Waals surface area (Å²) in [7, 11) is 4.84. The Hall–Kier alpha value is -4.71. The van der Waals surface area contributed by atoms with Gasteiger partial charge in [0.1, 0.15) is 5.75 Å². The van der Waals surface area contributed by atoms with E-state index in [0.717, 1.165) is 38.7 Å². The lowest BCUT2D eigenvalue weighted by molar-refractivity contribution is 0.324. The van der Waals surface area contributed by atoms with Gasteiger partial charge < -0.3 is 24.7 Å². The fourth-order valence-electron chi connectivity index (χ4n) is 5.32. The normalized spacial score (nSPS) is 11.0. The molecule has 204 valence electrons. The summed E-state index contributed by atoms with van der Waals surface area (Å²) >= 11 is 0. The van der Waals surface area contributed by atoms with Gasteiger partial charge in [-0.25, -0.2) is 0 Å². The number of aromatic nitrogens is 1. The van der Waals surface area contributed by atoms with Crippen molar-refractivity contribution in [3.05, 3.63) is 119 Å². The topological polar surface area (TPSA) is 75.8 Å². The first-order chi connectivity index (χ1) is 19.6. The number of methoxy groups -OCH3 is 3. The van der Waals surface area contributed by atoms with Crippen LogP contribution in [0.2, 0.25) is 0 Å². The van der Waals surface area contributed by atoms with Crippen molar-refractivity contribution in [1.29, 1.82) is 0 Å². The number of fused-ring (bicyclic) bond motifs is 1. The number of hydrogen-bond acceptors (Lipinski definition) is 6. The maximum atomic E-state index is 6.87. The Morgan fingerprint density at radius 1 is 0.750 bits per heavy atom. The van der Waals surface area contributed by atoms with E-state index in [-0.39, 0.29) is 5.92 Å². The minimum absolute atomic E-state index is 0.112. The van der Waals surface area contributed by atoms with Crippen LogP contribution in [0.3, 0.4) is 0 Å². The molecule has 4 aromatic carbocycles. The Morgan fingerprint density at radius 2 is 1.35 bits per heavy atom. The number of nitrogens with zero attached hydrogens (tertiary/aromatic N) is 1. The summed E-state index contributed by atoms with van der Waals surface area (Å²) in [6.07, 6.45) is 2.55. The van der Waals surface area contributed by atoms with E-state index in [2.05, 4.69) is 54.6 Å². The van der Waals surface area contributed by atoms with Gasteiger partial charge in [0.2, 0.25) is 5.75 Å². The Labute approximate surface area is 235 Å². The van der Waals surface area contributed by atoms with Gasteiger partial charge in [0.15, 0.2) is 11.5 Å². The van der Waals surface area contributed by atoms with Gasteiger partial charge in [0, 0.05) is 11.6 Å². The molecule has 40 heavy (non-hydrogen) atoms. The third-order valence-corrected chi connectivity index (χ3v) is 7.13. The van der Waals surface area contributed by atoms with E-state index in [1.807, 2.05) is 43.5 Å². The highest BCUT2D eigenvalue weighted by Crippen LogP contribution is 2.43. The molecule has 0 spiro atoms. The van der Waals surface area contributed by atoms with Crippen molar-refractivity contribution in [2.45, 2.75) is 19.3 Å². The lowest BCUT2D eigenvalue weighted by Gasteiger charge is -2.22. The Bertz CT molecular complexity index is 1540. The predicted octanol–water partition coefficient (Wildman–Crippen LogP) is 7.01. The summed E-state index contributed by atoms with van der Waals surface area (Å²) in [5.41, 5.74) is 12.7. The van der Waals surface area contributed by atoms with Crippen LogP contribution in [-0.2, 0) is 6.42 Å². The molecule has 0 aliphatic heterocycles. The fraction of sp³-hybridized carbons (Fsp3) is 0.206. The van der Waals surface area contributed by atoms with Crippen molar-refractivity contribution in [2.75, 3.05) is 33.7 Å². The van der Waals surface area contributed by atoms with Crippen LogP contribution in [-0.4, -0.2) is 32.9 Å². The van der Waals surface area contributed by atoms with Gasteiger partial charge >= 0.3 is 0 Å². The van der Waals surface area contributed by atoms with Crippen LogP contribution in [0.25, 0.3) is 10.8 Å². The van der Waals surface area contributed by atoms with E-state index < -0.39 is 0 Å². The quantitative estimate of drug-likeness (QED) is 0.194. The molecule has 5 aromatic rings. The van der Waals surface area contributed by atoms with Crippen LogP contribution in [0, 0.1) is 0 Å². The average molecular weight is 535 g/mol. The third kappa shape index (κ3) is 5.13. The van der Waals surface area contributed by atoms with Gasteiger partial charge in [0.05, 0.1) is 45.2 Å². The first kappa shape index (κ1) is 26.9. The molecular formula is C34H34N2O4. The van der Waals surface area contributed by atoms with Crippen LogP contribution in [0.5, 0.6) is 23.0 Å². The number of pyridine rings is 1. The van der Waals surface area contributed by atoms with Gasteiger partial charge in [-0.2, -0.15) is 0 Å². The number of nitrogens with two attached hydrogens (primary N) is 1. The van der Waals surface area contributed by atoms with Gasteiger partial charge in [-0.05, 0) is 59.2 Å². The maximum Gasteiger partial charge on any atom is 0.203 e. The molecule has 2 N–H and O–H groups in total. The minimum Gasteiger partial charge on any atom is -0.493 e. The lowest BCUT2D eigenvalue weighted by atomic mass is 9.84. The standard InChI is InChI=1S/C34H34N2O4/c1-5-40-27-17-16-26-25(18-22-19-28(37-2)34(39-4)29(20-22)38-3)21-36-33(31(26)32(27)35)30(23-12-8-6-9-13-23)24-14-10-7-11-15-24/h6-17,19-21,30H,5,18,35H2,1-4H3. The van der Waals surface area contributed by atoms with Crippen molar-refractivity contribution in [3.63, 3.8) is 0 Å². The molecule has 0 atom stereocenters. The summed E-state index contributed by atoms with van der Waals surface area (Å²) in [6.45, 7) is 2.48. The van der Waals surface area contributed by atoms with E-state index in [0.29, 0.717) is 41.7 Å². The van der Waals surface area contributed by atoms with Crippen LogP contribution < -0.4 is 24.7 Å². The fourth-order valence-corrected chi connectivity index (χ4v) is 5.32. The Morgan fingerprint density at radius 3 is 1.88 bits per heavy atom. The third-order valence-electron chi connectivity index (χ3n) is 7.13. The SMILES string of the molecule is CCOc1ccc2c(Cc3cc(OC)c(OC)c(OC)c3)cnc(C(c3ccccc3)c3ccccc3)c2c1N. The molecule has 0 unspecified atom stereocenters. The zero-order valence-corrected chi connectivity index (χ0v) is 23.3. The Kier molecular flexibility index (Phi) is 8.06. The van der Waals surface area contributed by atoms with E-state index in [4.69, 9.17) is 29.7 Å². The van der Waals surface area contributed by atoms with Gasteiger partial charge in [-0.3, -0.25) is 4.98 Å². The van der Waals surface area contributed by atoms with Gasteiger partial charge in [0.25, 0.3) is 0 Å². The molecule has 0 aliphatic carbocycles. The monoisotopic (exact) mass is 534 g/mol. The van der Waals surface area contributed by atoms with Gasteiger partial charge in [-0.15, -0.1) is 0 Å². The highest BCUT2D eigenvalue weighted by atomic mass is 16.5. The predicted molar refractivity (Wildman–Crippen MR) is 160 cm³/mol. The first-order valence-electron chi connectivity index (χ1n) is 13.3. The van der Waals surface area contributed by atoms with Crippen molar-refractivity contribution in [2.24, 2.45) is 0 Å². The molecule has 0 saturated carbocycles. The second-order valence-corrected chi connectivity index (χ2v) is 9.47. The Balaban J connectivity index is 1.73. The van der Waals surface area contributed by atoms with Crippen LogP contribution >= 0.6 is 0 Å².